The van der Waals surface area contributed by atoms with E-state index in [-0.39, 0.29) is 11.7 Å². The maximum absolute atomic E-state index is 12.2. The first-order chi connectivity index (χ1) is 9.95. The Morgan fingerprint density at radius 1 is 1.14 bits per heavy atom. The third-order valence-corrected chi connectivity index (χ3v) is 4.64. The summed E-state index contributed by atoms with van der Waals surface area (Å²) in [6, 6.07) is 11.3. The monoisotopic (exact) mass is 342 g/mol. The van der Waals surface area contributed by atoms with Crippen LogP contribution in [-0.2, 0) is 15.6 Å². The van der Waals surface area contributed by atoms with Crippen LogP contribution in [0.3, 0.4) is 0 Å². The number of halogens is 2. The minimum atomic E-state index is -1.56. The Morgan fingerprint density at radius 2 is 1.81 bits per heavy atom. The molecule has 0 fully saturated rings. The Bertz CT molecular complexity index is 690. The average molecular weight is 343 g/mol. The van der Waals surface area contributed by atoms with Crippen LogP contribution < -0.4 is 11.1 Å². The van der Waals surface area contributed by atoms with E-state index in [1.807, 2.05) is 0 Å². The molecule has 1 amide bonds. The molecule has 0 aliphatic carbocycles. The first-order valence-corrected chi connectivity index (χ1v) is 8.02. The van der Waals surface area contributed by atoms with E-state index in [2.05, 4.69) is 5.32 Å². The van der Waals surface area contributed by atoms with E-state index >= 15 is 0 Å². The number of nitrogen functional groups attached to an aromatic ring is 1. The van der Waals surface area contributed by atoms with Crippen LogP contribution in [0, 0.1) is 0 Å². The highest BCUT2D eigenvalue weighted by atomic mass is 35.5. The average Bonchev–Trinajstić information content (AvgIpc) is 2.44. The fourth-order valence-electron chi connectivity index (χ4n) is 1.62. The largest absolute Gasteiger partial charge is 0.399 e. The van der Waals surface area contributed by atoms with Crippen molar-refractivity contribution < 1.29 is 9.00 Å². The van der Waals surface area contributed by atoms with Crippen LogP contribution in [0.5, 0.6) is 0 Å². The Morgan fingerprint density at radius 3 is 2.48 bits per heavy atom. The molecule has 0 aromatic heterocycles. The molecule has 0 aliphatic rings. The van der Waals surface area contributed by atoms with Gasteiger partial charge >= 0.3 is 0 Å². The summed E-state index contributed by atoms with van der Waals surface area (Å²) in [4.78, 5) is 12.2. The Kier molecular flexibility index (Phi) is 5.22. The molecule has 1 unspecified atom stereocenters. The molecule has 0 spiro atoms. The molecule has 0 radical (unpaired) electrons. The summed E-state index contributed by atoms with van der Waals surface area (Å²) in [5.41, 5.74) is 6.66. The van der Waals surface area contributed by atoms with Crippen LogP contribution >= 0.6 is 23.2 Å². The van der Waals surface area contributed by atoms with Gasteiger partial charge in [-0.25, -0.2) is 0 Å². The van der Waals surface area contributed by atoms with Gasteiger partial charge in [0.05, 0.1) is 20.7 Å². The van der Waals surface area contributed by atoms with E-state index in [1.54, 1.807) is 36.4 Å². The van der Waals surface area contributed by atoms with Crippen LogP contribution in [0.15, 0.2) is 47.4 Å². The zero-order valence-electron chi connectivity index (χ0n) is 10.8. The minimum absolute atomic E-state index is 0.203. The summed E-state index contributed by atoms with van der Waals surface area (Å²) in [6.07, 6.45) is 0. The number of anilines is 2. The normalized spacial score (nSPS) is 11.9. The fraction of sp³-hybridized carbons (Fsp3) is 0.0714. The Hall–Kier alpha value is -1.56. The summed E-state index contributed by atoms with van der Waals surface area (Å²) in [6.45, 7) is 0. The number of nitrogens with two attached hydrogens (primary N) is 1. The second-order valence-electron chi connectivity index (χ2n) is 4.23. The van der Waals surface area contributed by atoms with Crippen molar-refractivity contribution in [2.75, 3.05) is 16.8 Å². The first-order valence-electron chi connectivity index (χ1n) is 5.94. The van der Waals surface area contributed by atoms with Crippen molar-refractivity contribution in [2.45, 2.75) is 4.90 Å². The summed E-state index contributed by atoms with van der Waals surface area (Å²) >= 11 is 11.7. The van der Waals surface area contributed by atoms with Gasteiger partial charge in [-0.15, -0.1) is 0 Å². The highest BCUT2D eigenvalue weighted by Crippen LogP contribution is 2.22. The first kappa shape index (κ1) is 15.8. The standard InChI is InChI=1S/C14H12Cl2N2O2S/c15-9-1-4-11(5-2-9)18-14(19)8-21(20)13-7-10(17)3-6-12(13)16/h1-7H,8,17H2,(H,18,19). The quantitative estimate of drug-likeness (QED) is 0.837. The third-order valence-electron chi connectivity index (χ3n) is 2.59. The molecule has 1 atom stereocenters. The maximum Gasteiger partial charge on any atom is 0.237 e. The van der Waals surface area contributed by atoms with E-state index < -0.39 is 10.8 Å². The highest BCUT2D eigenvalue weighted by Gasteiger charge is 2.14. The lowest BCUT2D eigenvalue weighted by Crippen LogP contribution is -2.19. The minimum Gasteiger partial charge on any atom is -0.399 e. The van der Waals surface area contributed by atoms with Crippen molar-refractivity contribution in [3.63, 3.8) is 0 Å². The smallest absolute Gasteiger partial charge is 0.237 e. The van der Waals surface area contributed by atoms with Gasteiger partial charge in [-0.05, 0) is 42.5 Å². The van der Waals surface area contributed by atoms with E-state index in [9.17, 15) is 9.00 Å². The lowest BCUT2D eigenvalue weighted by atomic mass is 10.3. The number of nitrogens with one attached hydrogen (secondary N) is 1. The molecular formula is C14H12Cl2N2O2S. The SMILES string of the molecule is Nc1ccc(Cl)c(S(=O)CC(=O)Nc2ccc(Cl)cc2)c1. The predicted octanol–water partition coefficient (Wildman–Crippen LogP) is 3.32. The molecule has 7 heteroatoms. The van der Waals surface area contributed by atoms with E-state index in [1.165, 1.54) is 6.07 Å². The third kappa shape index (κ3) is 4.46. The molecule has 0 saturated carbocycles. The van der Waals surface area contributed by atoms with Crippen LogP contribution in [-0.4, -0.2) is 15.9 Å². The molecule has 0 saturated heterocycles. The Balaban J connectivity index is 2.03. The van der Waals surface area contributed by atoms with Crippen LogP contribution in [0.25, 0.3) is 0 Å². The number of hydrogen-bond acceptors (Lipinski definition) is 3. The van der Waals surface area contributed by atoms with Gasteiger partial charge in [-0.2, -0.15) is 0 Å². The lowest BCUT2D eigenvalue weighted by Gasteiger charge is -2.07. The number of rotatable bonds is 4. The molecule has 2 rings (SSSR count). The van der Waals surface area contributed by atoms with Gasteiger partial charge in [0.1, 0.15) is 5.75 Å². The predicted molar refractivity (Wildman–Crippen MR) is 87.2 cm³/mol. The van der Waals surface area contributed by atoms with Crippen LogP contribution in [0.4, 0.5) is 11.4 Å². The number of hydrogen-bond donors (Lipinski definition) is 2. The molecule has 110 valence electrons. The van der Waals surface area contributed by atoms with E-state index in [0.717, 1.165) is 0 Å². The molecule has 0 bridgehead atoms. The number of amides is 1. The summed E-state index contributed by atoms with van der Waals surface area (Å²) in [5, 5.41) is 3.53. The fourth-order valence-corrected chi connectivity index (χ4v) is 3.14. The zero-order valence-corrected chi connectivity index (χ0v) is 13.1. The number of benzene rings is 2. The van der Waals surface area contributed by atoms with Gasteiger partial charge in [0.2, 0.25) is 5.91 Å². The van der Waals surface area contributed by atoms with Crippen molar-refractivity contribution in [1.29, 1.82) is 0 Å². The highest BCUT2D eigenvalue weighted by molar-refractivity contribution is 7.86. The number of carbonyl (C=O) groups excluding carboxylic acids is 1. The molecule has 0 heterocycles. The van der Waals surface area contributed by atoms with Gasteiger partial charge in [0.25, 0.3) is 0 Å². The zero-order chi connectivity index (χ0) is 15.4. The lowest BCUT2D eigenvalue weighted by molar-refractivity contribution is -0.113. The van der Waals surface area contributed by atoms with Crippen molar-refractivity contribution in [1.82, 2.24) is 0 Å². The maximum atomic E-state index is 12.2. The van der Waals surface area contributed by atoms with Gasteiger partial charge in [-0.3, -0.25) is 9.00 Å². The Labute approximate surface area is 134 Å². The second-order valence-corrected chi connectivity index (χ2v) is 6.50. The van der Waals surface area contributed by atoms with Gasteiger partial charge in [0.15, 0.2) is 0 Å². The van der Waals surface area contributed by atoms with Crippen molar-refractivity contribution in [3.8, 4) is 0 Å². The molecule has 3 N–H and O–H groups in total. The summed E-state index contributed by atoms with van der Waals surface area (Å²) < 4.78 is 12.2. The van der Waals surface area contributed by atoms with E-state index in [0.29, 0.717) is 26.3 Å². The van der Waals surface area contributed by atoms with Gasteiger partial charge in [-0.1, -0.05) is 23.2 Å². The number of carbonyl (C=O) groups is 1. The summed E-state index contributed by atoms with van der Waals surface area (Å²) in [7, 11) is -1.56. The van der Waals surface area contributed by atoms with E-state index in [4.69, 9.17) is 28.9 Å². The molecular weight excluding hydrogens is 331 g/mol. The van der Waals surface area contributed by atoms with Crippen molar-refractivity contribution >= 4 is 51.3 Å². The molecule has 2 aromatic rings. The molecule has 0 aliphatic heterocycles. The molecule has 4 nitrogen and oxygen atoms in total. The van der Waals surface area contributed by atoms with Gasteiger partial charge < -0.3 is 11.1 Å². The van der Waals surface area contributed by atoms with Crippen LogP contribution in [0.2, 0.25) is 10.0 Å². The topological polar surface area (TPSA) is 72.2 Å². The van der Waals surface area contributed by atoms with Gasteiger partial charge in [0, 0.05) is 16.4 Å². The molecule has 2 aromatic carbocycles. The van der Waals surface area contributed by atoms with Crippen LogP contribution in [0.1, 0.15) is 0 Å². The van der Waals surface area contributed by atoms with Crippen molar-refractivity contribution in [2.24, 2.45) is 0 Å². The second kappa shape index (κ2) is 6.93. The molecule has 21 heavy (non-hydrogen) atoms. The summed E-state index contributed by atoms with van der Waals surface area (Å²) in [5.74, 6) is -0.583. The van der Waals surface area contributed by atoms with Crippen molar-refractivity contribution in [3.05, 3.63) is 52.5 Å².